The molecule has 0 bridgehead atoms. The molecule has 0 radical (unpaired) electrons. The molecule has 1 aliphatic heterocycles. The average Bonchev–Trinajstić information content (AvgIpc) is 3.29. The number of anilines is 1. The molecule has 1 aliphatic carbocycles. The molecule has 144 valence electrons. The van der Waals surface area contributed by atoms with Crippen molar-refractivity contribution in [3.05, 3.63) is 33.8 Å². The van der Waals surface area contributed by atoms with Crippen LogP contribution in [0.15, 0.2) is 22.5 Å². The van der Waals surface area contributed by atoms with Crippen LogP contribution in [0.25, 0.3) is 4.96 Å². The van der Waals surface area contributed by atoms with Gasteiger partial charge >= 0.3 is 0 Å². The predicted octanol–water partition coefficient (Wildman–Crippen LogP) is 2.43. The molecule has 2 aliphatic rings. The van der Waals surface area contributed by atoms with Crippen LogP contribution in [0.2, 0.25) is 0 Å². The molecule has 0 unspecified atom stereocenters. The lowest BCUT2D eigenvalue weighted by Gasteiger charge is -2.23. The number of hydrogen-bond acceptors (Lipinski definition) is 6. The molecule has 0 aromatic carbocycles. The molecule has 1 fully saturated rings. The van der Waals surface area contributed by atoms with Gasteiger partial charge in [-0.3, -0.25) is 9.59 Å². The number of hydrogen-bond donors (Lipinski definition) is 1. The van der Waals surface area contributed by atoms with E-state index in [2.05, 4.69) is 21.5 Å². The van der Waals surface area contributed by atoms with Crippen molar-refractivity contribution in [3.8, 4) is 0 Å². The van der Waals surface area contributed by atoms with Crippen LogP contribution in [-0.4, -0.2) is 39.6 Å². The van der Waals surface area contributed by atoms with Gasteiger partial charge in [-0.05, 0) is 51.9 Å². The molecule has 7 nitrogen and oxygen atoms in total. The lowest BCUT2D eigenvalue weighted by Crippen LogP contribution is -2.43. The van der Waals surface area contributed by atoms with E-state index in [9.17, 15) is 9.59 Å². The minimum Gasteiger partial charge on any atom is -0.354 e. The maximum absolute atomic E-state index is 12.7. The van der Waals surface area contributed by atoms with Gasteiger partial charge in [0.05, 0.1) is 0 Å². The number of amides is 1. The molecule has 3 heterocycles. The number of aromatic nitrogens is 3. The highest BCUT2D eigenvalue weighted by Gasteiger charge is 2.33. The quantitative estimate of drug-likeness (QED) is 0.797. The highest BCUT2D eigenvalue weighted by atomic mass is 32.1. The summed E-state index contributed by atoms with van der Waals surface area (Å²) in [5, 5.41) is 8.21. The predicted molar refractivity (Wildman–Crippen MR) is 106 cm³/mol. The van der Waals surface area contributed by atoms with Crippen molar-refractivity contribution in [1.82, 2.24) is 19.9 Å². The Kier molecular flexibility index (Phi) is 5.24. The monoisotopic (exact) mass is 387 g/mol. The third-order valence-corrected chi connectivity index (χ3v) is 6.24. The van der Waals surface area contributed by atoms with Gasteiger partial charge in [0.1, 0.15) is 6.04 Å². The van der Waals surface area contributed by atoms with Crippen molar-refractivity contribution in [2.45, 2.75) is 57.9 Å². The molecule has 2 aromatic rings. The number of carbonyl (C=O) groups is 1. The van der Waals surface area contributed by atoms with Crippen LogP contribution >= 0.6 is 11.3 Å². The fraction of sp³-hybridized carbons (Fsp3) is 0.579. The third kappa shape index (κ3) is 3.90. The topological polar surface area (TPSA) is 79.6 Å². The SMILES string of the molecule is Cc1cc(=O)n2nc(N3CCC[C@@H]3C(=O)NCCC3=CCCCC3)sc2n1. The van der Waals surface area contributed by atoms with Gasteiger partial charge in [-0.1, -0.05) is 23.0 Å². The second kappa shape index (κ2) is 7.80. The van der Waals surface area contributed by atoms with E-state index in [-0.39, 0.29) is 17.5 Å². The van der Waals surface area contributed by atoms with E-state index in [1.165, 1.54) is 46.8 Å². The second-order valence-corrected chi connectivity index (χ2v) is 8.25. The van der Waals surface area contributed by atoms with Crippen molar-refractivity contribution >= 4 is 27.3 Å². The molecule has 1 N–H and O–H groups in total. The van der Waals surface area contributed by atoms with Crippen LogP contribution in [0.5, 0.6) is 0 Å². The Bertz CT molecular complexity index is 932. The van der Waals surface area contributed by atoms with Crippen molar-refractivity contribution in [3.63, 3.8) is 0 Å². The first-order valence-corrected chi connectivity index (χ1v) is 10.5. The minimum absolute atomic E-state index is 0.0552. The summed E-state index contributed by atoms with van der Waals surface area (Å²) in [6.07, 6.45) is 9.91. The summed E-state index contributed by atoms with van der Waals surface area (Å²) in [6.45, 7) is 3.26. The molecule has 1 amide bonds. The van der Waals surface area contributed by atoms with Gasteiger partial charge in [-0.25, -0.2) is 4.98 Å². The summed E-state index contributed by atoms with van der Waals surface area (Å²) < 4.78 is 1.33. The molecular formula is C19H25N5O2S. The van der Waals surface area contributed by atoms with Crippen LogP contribution in [-0.2, 0) is 4.79 Å². The molecule has 0 saturated carbocycles. The van der Waals surface area contributed by atoms with Gasteiger partial charge in [0.2, 0.25) is 16.0 Å². The Labute approximate surface area is 162 Å². The molecule has 4 rings (SSSR count). The molecular weight excluding hydrogens is 362 g/mol. The minimum atomic E-state index is -0.220. The third-order valence-electron chi connectivity index (χ3n) is 5.29. The van der Waals surface area contributed by atoms with Gasteiger partial charge in [0.25, 0.3) is 5.56 Å². The van der Waals surface area contributed by atoms with Gasteiger partial charge in [-0.15, -0.1) is 5.10 Å². The smallest absolute Gasteiger partial charge is 0.275 e. The summed E-state index contributed by atoms with van der Waals surface area (Å²) in [6, 6.07) is 1.26. The highest BCUT2D eigenvalue weighted by Crippen LogP contribution is 2.29. The Morgan fingerprint density at radius 2 is 2.26 bits per heavy atom. The average molecular weight is 388 g/mol. The standard InChI is InChI=1S/C19H25N5O2S/c1-13-12-16(25)24-18(21-13)27-19(22-24)23-11-5-8-15(23)17(26)20-10-9-14-6-3-2-4-7-14/h6,12,15H,2-5,7-11H2,1H3,(H,20,26)/t15-/m1/s1. The van der Waals surface area contributed by atoms with Crippen molar-refractivity contribution < 1.29 is 4.79 Å². The zero-order chi connectivity index (χ0) is 18.8. The number of carbonyl (C=O) groups excluding carboxylic acids is 1. The van der Waals surface area contributed by atoms with E-state index in [1.54, 1.807) is 6.92 Å². The Morgan fingerprint density at radius 1 is 1.37 bits per heavy atom. The van der Waals surface area contributed by atoms with E-state index in [4.69, 9.17) is 0 Å². The zero-order valence-corrected chi connectivity index (χ0v) is 16.4. The lowest BCUT2D eigenvalue weighted by atomic mass is 9.97. The van der Waals surface area contributed by atoms with Gasteiger partial charge in [0.15, 0.2) is 0 Å². The number of nitrogens with zero attached hydrogens (tertiary/aromatic N) is 4. The van der Waals surface area contributed by atoms with E-state index in [0.717, 1.165) is 32.2 Å². The first-order valence-electron chi connectivity index (χ1n) is 9.71. The highest BCUT2D eigenvalue weighted by molar-refractivity contribution is 7.20. The number of nitrogens with one attached hydrogen (secondary N) is 1. The van der Waals surface area contributed by atoms with Crippen LogP contribution in [0.1, 0.15) is 50.6 Å². The molecule has 0 spiro atoms. The van der Waals surface area contributed by atoms with E-state index in [1.807, 2.05) is 4.90 Å². The Morgan fingerprint density at radius 3 is 3.07 bits per heavy atom. The molecule has 27 heavy (non-hydrogen) atoms. The second-order valence-electron chi connectivity index (χ2n) is 7.32. The summed E-state index contributed by atoms with van der Waals surface area (Å²) in [4.78, 5) is 31.8. The van der Waals surface area contributed by atoms with Gasteiger partial charge in [-0.2, -0.15) is 4.52 Å². The van der Waals surface area contributed by atoms with Crippen LogP contribution in [0.4, 0.5) is 5.13 Å². The number of aryl methyl sites for hydroxylation is 1. The number of allylic oxidation sites excluding steroid dienone is 1. The first-order chi connectivity index (χ1) is 13.1. The Balaban J connectivity index is 1.44. The molecule has 1 saturated heterocycles. The van der Waals surface area contributed by atoms with E-state index >= 15 is 0 Å². The van der Waals surface area contributed by atoms with Crippen LogP contribution in [0.3, 0.4) is 0 Å². The maximum atomic E-state index is 12.7. The zero-order valence-electron chi connectivity index (χ0n) is 15.6. The van der Waals surface area contributed by atoms with Crippen molar-refractivity contribution in [2.24, 2.45) is 0 Å². The largest absolute Gasteiger partial charge is 0.354 e. The van der Waals surface area contributed by atoms with E-state index < -0.39 is 0 Å². The normalized spacial score (nSPS) is 20.1. The molecule has 2 aromatic heterocycles. The maximum Gasteiger partial charge on any atom is 0.275 e. The number of rotatable bonds is 5. The molecule has 8 heteroatoms. The first kappa shape index (κ1) is 18.2. The number of fused-ring (bicyclic) bond motifs is 1. The van der Waals surface area contributed by atoms with Crippen LogP contribution < -0.4 is 15.8 Å². The van der Waals surface area contributed by atoms with E-state index in [0.29, 0.717) is 22.3 Å². The van der Waals surface area contributed by atoms with Gasteiger partial charge < -0.3 is 10.2 Å². The Hall–Kier alpha value is -2.22. The summed E-state index contributed by atoms with van der Waals surface area (Å²) in [5.41, 5.74) is 1.97. The summed E-state index contributed by atoms with van der Waals surface area (Å²) in [5.74, 6) is 0.0552. The van der Waals surface area contributed by atoms with Crippen molar-refractivity contribution in [2.75, 3.05) is 18.0 Å². The van der Waals surface area contributed by atoms with Gasteiger partial charge in [0, 0.05) is 24.8 Å². The fourth-order valence-corrected chi connectivity index (χ4v) is 4.92. The van der Waals surface area contributed by atoms with Crippen molar-refractivity contribution in [1.29, 1.82) is 0 Å². The fourth-order valence-electron chi connectivity index (χ4n) is 3.89. The van der Waals surface area contributed by atoms with Crippen LogP contribution in [0, 0.1) is 6.92 Å². The summed E-state index contributed by atoms with van der Waals surface area (Å²) in [7, 11) is 0. The lowest BCUT2D eigenvalue weighted by molar-refractivity contribution is -0.122. The summed E-state index contributed by atoms with van der Waals surface area (Å²) >= 11 is 1.37. The molecule has 1 atom stereocenters.